The van der Waals surface area contributed by atoms with Gasteiger partial charge in [-0.1, -0.05) is 6.92 Å². The highest BCUT2D eigenvalue weighted by Gasteiger charge is 2.26. The van der Waals surface area contributed by atoms with Crippen LogP contribution in [0.1, 0.15) is 50.7 Å². The summed E-state index contributed by atoms with van der Waals surface area (Å²) in [6.45, 7) is 7.32. The molecule has 0 aliphatic carbocycles. The fourth-order valence-corrected chi connectivity index (χ4v) is 2.50. The zero-order valence-electron chi connectivity index (χ0n) is 13.5. The Bertz CT molecular complexity index is 572. The number of rotatable bonds is 7. The predicted octanol–water partition coefficient (Wildman–Crippen LogP) is 2.30. The molecule has 1 N–H and O–H groups in total. The first-order valence-corrected chi connectivity index (χ1v) is 7.42. The number of nitrogens with one attached hydrogen (secondary N) is 1. The zero-order chi connectivity index (χ0) is 15.4. The summed E-state index contributed by atoms with van der Waals surface area (Å²) in [5.74, 6) is 0.804. The van der Waals surface area contributed by atoms with E-state index in [4.69, 9.17) is 4.74 Å². The molecule has 2 aromatic heterocycles. The van der Waals surface area contributed by atoms with Crippen molar-refractivity contribution in [3.05, 3.63) is 29.8 Å². The Morgan fingerprint density at radius 2 is 2.10 bits per heavy atom. The van der Waals surface area contributed by atoms with Gasteiger partial charge in [-0.3, -0.25) is 9.36 Å². The molecule has 0 saturated heterocycles. The summed E-state index contributed by atoms with van der Waals surface area (Å²) in [6.07, 6.45) is 4.66. The van der Waals surface area contributed by atoms with Crippen molar-refractivity contribution in [2.24, 2.45) is 7.05 Å². The van der Waals surface area contributed by atoms with Crippen LogP contribution in [0.5, 0.6) is 5.75 Å². The molecule has 6 nitrogen and oxygen atoms in total. The second kappa shape index (κ2) is 6.76. The summed E-state index contributed by atoms with van der Waals surface area (Å²) in [7, 11) is 3.64. The number of nitrogens with zero attached hydrogens (tertiary/aromatic N) is 4. The smallest absolute Gasteiger partial charge is 0.162 e. The standard InChI is InChI=1S/C15H25N5O/c1-6-8-16-14(12-7-9-17-19(12)4)15-13(21-5)10-18-20(15)11(2)3/h7,9-11,14,16H,6,8H2,1-5H3. The van der Waals surface area contributed by atoms with Crippen molar-refractivity contribution in [3.8, 4) is 5.75 Å². The van der Waals surface area contributed by atoms with Crippen LogP contribution in [-0.2, 0) is 7.05 Å². The lowest BCUT2D eigenvalue weighted by molar-refractivity contribution is 0.390. The quantitative estimate of drug-likeness (QED) is 0.850. The lowest BCUT2D eigenvalue weighted by Crippen LogP contribution is -2.28. The van der Waals surface area contributed by atoms with Gasteiger partial charge in [0.1, 0.15) is 5.69 Å². The minimum absolute atomic E-state index is 0.0114. The van der Waals surface area contributed by atoms with E-state index in [1.807, 2.05) is 28.7 Å². The van der Waals surface area contributed by atoms with Crippen LogP contribution >= 0.6 is 0 Å². The van der Waals surface area contributed by atoms with Crippen LogP contribution in [0.25, 0.3) is 0 Å². The molecule has 0 aromatic carbocycles. The van der Waals surface area contributed by atoms with Gasteiger partial charge in [-0.15, -0.1) is 0 Å². The Kier molecular flexibility index (Phi) is 5.01. The highest BCUT2D eigenvalue weighted by atomic mass is 16.5. The number of aryl methyl sites for hydroxylation is 1. The summed E-state index contributed by atoms with van der Waals surface area (Å²) < 4.78 is 9.43. The molecule has 0 aliphatic rings. The van der Waals surface area contributed by atoms with Gasteiger partial charge in [-0.2, -0.15) is 10.2 Å². The molecule has 2 heterocycles. The molecule has 2 rings (SSSR count). The number of hydrogen-bond donors (Lipinski definition) is 1. The van der Waals surface area contributed by atoms with E-state index in [9.17, 15) is 0 Å². The van der Waals surface area contributed by atoms with Crippen LogP contribution in [0.15, 0.2) is 18.5 Å². The summed E-state index contributed by atoms with van der Waals surface area (Å²) in [5.41, 5.74) is 2.15. The van der Waals surface area contributed by atoms with Gasteiger partial charge in [0.2, 0.25) is 0 Å². The molecule has 21 heavy (non-hydrogen) atoms. The van der Waals surface area contributed by atoms with E-state index in [1.165, 1.54) is 0 Å². The fraction of sp³-hybridized carbons (Fsp3) is 0.600. The minimum atomic E-state index is 0.0114. The first-order chi connectivity index (χ1) is 10.1. The third kappa shape index (κ3) is 3.10. The van der Waals surface area contributed by atoms with Crippen LogP contribution in [0.3, 0.4) is 0 Å². The first-order valence-electron chi connectivity index (χ1n) is 7.42. The van der Waals surface area contributed by atoms with Gasteiger partial charge < -0.3 is 10.1 Å². The largest absolute Gasteiger partial charge is 0.493 e. The number of aromatic nitrogens is 4. The van der Waals surface area contributed by atoms with Crippen LogP contribution in [-0.4, -0.2) is 33.2 Å². The lowest BCUT2D eigenvalue weighted by atomic mass is 10.1. The first kappa shape index (κ1) is 15.6. The Balaban J connectivity index is 2.50. The maximum atomic E-state index is 5.52. The van der Waals surface area contributed by atoms with Crippen molar-refractivity contribution in [2.75, 3.05) is 13.7 Å². The Morgan fingerprint density at radius 1 is 1.33 bits per heavy atom. The Morgan fingerprint density at radius 3 is 2.62 bits per heavy atom. The van der Waals surface area contributed by atoms with Gasteiger partial charge in [-0.05, 0) is 32.9 Å². The van der Waals surface area contributed by atoms with Crippen molar-refractivity contribution in [3.63, 3.8) is 0 Å². The van der Waals surface area contributed by atoms with Crippen molar-refractivity contribution < 1.29 is 4.74 Å². The topological polar surface area (TPSA) is 56.9 Å². The maximum absolute atomic E-state index is 5.52. The van der Waals surface area contributed by atoms with Gasteiger partial charge in [0.05, 0.1) is 25.0 Å². The SMILES string of the molecule is CCCNC(c1ccnn1C)c1c(OC)cnn1C(C)C. The molecule has 0 bridgehead atoms. The monoisotopic (exact) mass is 291 g/mol. The molecule has 0 aliphatic heterocycles. The lowest BCUT2D eigenvalue weighted by Gasteiger charge is -2.22. The van der Waals surface area contributed by atoms with E-state index in [-0.39, 0.29) is 12.1 Å². The average molecular weight is 291 g/mol. The zero-order valence-corrected chi connectivity index (χ0v) is 13.5. The van der Waals surface area contributed by atoms with Crippen molar-refractivity contribution >= 4 is 0 Å². The molecule has 0 amide bonds. The fourth-order valence-electron chi connectivity index (χ4n) is 2.50. The van der Waals surface area contributed by atoms with Gasteiger partial charge in [0.15, 0.2) is 5.75 Å². The van der Waals surface area contributed by atoms with E-state index in [2.05, 4.69) is 36.3 Å². The van der Waals surface area contributed by atoms with Crippen LogP contribution in [0.2, 0.25) is 0 Å². The van der Waals surface area contributed by atoms with Crippen molar-refractivity contribution in [1.82, 2.24) is 24.9 Å². The number of ether oxygens (including phenoxy) is 1. The third-order valence-electron chi connectivity index (χ3n) is 3.53. The van der Waals surface area contributed by atoms with Crippen molar-refractivity contribution in [2.45, 2.75) is 39.3 Å². The molecule has 6 heteroatoms. The summed E-state index contributed by atoms with van der Waals surface area (Å²) in [5, 5.41) is 12.4. The molecule has 1 atom stereocenters. The number of hydrogen-bond acceptors (Lipinski definition) is 4. The molecular weight excluding hydrogens is 266 g/mol. The van der Waals surface area contributed by atoms with E-state index < -0.39 is 0 Å². The van der Waals surface area contributed by atoms with Crippen LogP contribution in [0, 0.1) is 0 Å². The van der Waals surface area contributed by atoms with Gasteiger partial charge in [0.25, 0.3) is 0 Å². The van der Waals surface area contributed by atoms with Crippen LogP contribution < -0.4 is 10.1 Å². The molecule has 1 unspecified atom stereocenters. The maximum Gasteiger partial charge on any atom is 0.162 e. The molecule has 2 aromatic rings. The minimum Gasteiger partial charge on any atom is -0.493 e. The van der Waals surface area contributed by atoms with Crippen molar-refractivity contribution in [1.29, 1.82) is 0 Å². The predicted molar refractivity (Wildman–Crippen MR) is 82.5 cm³/mol. The van der Waals surface area contributed by atoms with Crippen LogP contribution in [0.4, 0.5) is 0 Å². The molecule has 0 saturated carbocycles. The third-order valence-corrected chi connectivity index (χ3v) is 3.53. The normalized spacial score (nSPS) is 12.9. The second-order valence-electron chi connectivity index (χ2n) is 5.40. The average Bonchev–Trinajstić information content (AvgIpc) is 3.06. The van der Waals surface area contributed by atoms with E-state index in [0.717, 1.165) is 30.1 Å². The summed E-state index contributed by atoms with van der Waals surface area (Å²) in [6, 6.07) is 2.31. The highest BCUT2D eigenvalue weighted by molar-refractivity contribution is 5.34. The molecule has 0 radical (unpaired) electrons. The Hall–Kier alpha value is -1.82. The van der Waals surface area contributed by atoms with Gasteiger partial charge in [-0.25, -0.2) is 0 Å². The summed E-state index contributed by atoms with van der Waals surface area (Å²) in [4.78, 5) is 0. The van der Waals surface area contributed by atoms with E-state index in [0.29, 0.717) is 0 Å². The van der Waals surface area contributed by atoms with E-state index in [1.54, 1.807) is 13.3 Å². The van der Waals surface area contributed by atoms with E-state index >= 15 is 0 Å². The molecule has 0 fully saturated rings. The summed E-state index contributed by atoms with van der Waals surface area (Å²) >= 11 is 0. The van der Waals surface area contributed by atoms with Gasteiger partial charge >= 0.3 is 0 Å². The molecular formula is C15H25N5O. The van der Waals surface area contributed by atoms with Gasteiger partial charge in [0, 0.05) is 19.3 Å². The molecule has 0 spiro atoms. The molecule has 116 valence electrons. The Labute approximate surface area is 126 Å². The number of methoxy groups -OCH3 is 1. The second-order valence-corrected chi connectivity index (χ2v) is 5.40. The highest BCUT2D eigenvalue weighted by Crippen LogP contribution is 2.31.